The summed E-state index contributed by atoms with van der Waals surface area (Å²) in [7, 11) is 0. The molecule has 75 heavy (non-hydrogen) atoms. The van der Waals surface area contributed by atoms with Crippen LogP contribution >= 0.6 is 0 Å². The van der Waals surface area contributed by atoms with Gasteiger partial charge in [0, 0.05) is 6.42 Å². The summed E-state index contributed by atoms with van der Waals surface area (Å²) in [4.78, 5) is 13.1. The zero-order valence-corrected chi connectivity index (χ0v) is 49.3. The lowest BCUT2D eigenvalue weighted by Crippen LogP contribution is -2.60. The Bertz CT molecular complexity index is 1270. The molecule has 0 radical (unpaired) electrons. The smallest absolute Gasteiger partial charge is 0.220 e. The molecule has 9 nitrogen and oxygen atoms in total. The van der Waals surface area contributed by atoms with Crippen LogP contribution in [0, 0.1) is 0 Å². The molecule has 7 atom stereocenters. The van der Waals surface area contributed by atoms with Crippen molar-refractivity contribution in [3.8, 4) is 0 Å². The largest absolute Gasteiger partial charge is 0.394 e. The van der Waals surface area contributed by atoms with E-state index in [2.05, 4.69) is 55.6 Å². The minimum atomic E-state index is -1.56. The predicted octanol–water partition coefficient (Wildman–Crippen LogP) is 17.1. The first-order valence-electron chi connectivity index (χ1n) is 32.7. The van der Waals surface area contributed by atoms with Crippen molar-refractivity contribution < 1.29 is 39.8 Å². The summed E-state index contributed by atoms with van der Waals surface area (Å²) in [5.41, 5.74) is 0. The number of hydrogen-bond acceptors (Lipinski definition) is 8. The third kappa shape index (κ3) is 44.9. The molecule has 1 fully saturated rings. The maximum atomic E-state index is 13.1. The number of unbranched alkanes of at least 4 members (excludes halogenated alkanes) is 41. The minimum Gasteiger partial charge on any atom is -0.394 e. The lowest BCUT2D eigenvalue weighted by molar-refractivity contribution is -0.302. The molecule has 6 N–H and O–H groups in total. The molecule has 1 aliphatic rings. The molecule has 0 aromatic heterocycles. The molecule has 0 spiro atoms. The van der Waals surface area contributed by atoms with Crippen molar-refractivity contribution in [3.63, 3.8) is 0 Å². The first-order chi connectivity index (χ1) is 36.8. The molecule has 1 aliphatic heterocycles. The lowest BCUT2D eigenvalue weighted by atomic mass is 9.99. The van der Waals surface area contributed by atoms with Gasteiger partial charge < -0.3 is 40.3 Å². The highest BCUT2D eigenvalue weighted by atomic mass is 16.7. The van der Waals surface area contributed by atoms with Crippen LogP contribution < -0.4 is 5.32 Å². The third-order valence-corrected chi connectivity index (χ3v) is 15.7. The Kier molecular flexibility index (Phi) is 53.1. The molecule has 1 heterocycles. The van der Waals surface area contributed by atoms with E-state index in [1.807, 2.05) is 0 Å². The number of aliphatic hydroxyl groups excluding tert-OH is 5. The number of allylic oxidation sites excluding steroid dienone is 6. The molecule has 0 aliphatic carbocycles. The van der Waals surface area contributed by atoms with Crippen LogP contribution in [0.15, 0.2) is 36.5 Å². The van der Waals surface area contributed by atoms with Crippen LogP contribution in [0.3, 0.4) is 0 Å². The lowest BCUT2D eigenvalue weighted by Gasteiger charge is -2.40. The molecule has 0 aromatic rings. The third-order valence-electron chi connectivity index (χ3n) is 15.7. The van der Waals surface area contributed by atoms with Crippen LogP contribution in [0.2, 0.25) is 0 Å². The zero-order valence-electron chi connectivity index (χ0n) is 49.3. The molecule has 0 saturated carbocycles. The summed E-state index contributed by atoms with van der Waals surface area (Å²) in [6, 6.07) is -0.728. The second-order valence-electron chi connectivity index (χ2n) is 22.9. The van der Waals surface area contributed by atoms with Crippen molar-refractivity contribution in [1.82, 2.24) is 5.32 Å². The Morgan fingerprint density at radius 1 is 0.453 bits per heavy atom. The summed E-state index contributed by atoms with van der Waals surface area (Å²) in [6.07, 6.45) is 66.3. The van der Waals surface area contributed by atoms with Gasteiger partial charge in [-0.1, -0.05) is 301 Å². The van der Waals surface area contributed by atoms with E-state index in [0.29, 0.717) is 12.8 Å². The van der Waals surface area contributed by atoms with Crippen LogP contribution in [0.4, 0.5) is 0 Å². The first kappa shape index (κ1) is 71.4. The number of carbonyl (C=O) groups is 1. The van der Waals surface area contributed by atoms with Gasteiger partial charge in [-0.05, 0) is 51.4 Å². The van der Waals surface area contributed by atoms with Crippen molar-refractivity contribution in [3.05, 3.63) is 36.5 Å². The molecule has 1 rings (SSSR count). The monoisotopic (exact) mass is 1060 g/mol. The summed E-state index contributed by atoms with van der Waals surface area (Å²) in [6.45, 7) is 3.86. The second-order valence-corrected chi connectivity index (χ2v) is 22.9. The molecule has 0 aromatic carbocycles. The summed E-state index contributed by atoms with van der Waals surface area (Å²) in [5, 5.41) is 54.8. The number of carbonyl (C=O) groups excluding carboxylic acids is 1. The maximum absolute atomic E-state index is 13.1. The van der Waals surface area contributed by atoms with Crippen molar-refractivity contribution >= 4 is 5.91 Å². The first-order valence-corrected chi connectivity index (χ1v) is 32.7. The van der Waals surface area contributed by atoms with E-state index in [0.717, 1.165) is 64.2 Å². The van der Waals surface area contributed by atoms with Gasteiger partial charge in [0.2, 0.25) is 5.91 Å². The molecule has 1 amide bonds. The van der Waals surface area contributed by atoms with Gasteiger partial charge in [0.15, 0.2) is 6.29 Å². The minimum absolute atomic E-state index is 0.142. The predicted molar refractivity (Wildman–Crippen MR) is 318 cm³/mol. The van der Waals surface area contributed by atoms with E-state index in [1.165, 1.54) is 231 Å². The molecule has 7 unspecified atom stereocenters. The fourth-order valence-corrected chi connectivity index (χ4v) is 10.6. The molecular formula is C66H125NO8. The highest BCUT2D eigenvalue weighted by Crippen LogP contribution is 2.24. The van der Waals surface area contributed by atoms with Crippen molar-refractivity contribution in [2.75, 3.05) is 13.2 Å². The molecular weight excluding hydrogens is 935 g/mol. The SMILES string of the molecule is CCCCCCC/C=C\C/C=C\C/C=C\CCCCCCCCC(=O)NC(COC1OC(CO)C(O)C(O)C1O)C(O)CCCCCCCCCCCCCCCCCCCCCCCCCCCCCCCCC. The van der Waals surface area contributed by atoms with Gasteiger partial charge in [-0.25, -0.2) is 0 Å². The second kappa shape index (κ2) is 55.7. The van der Waals surface area contributed by atoms with E-state index >= 15 is 0 Å². The van der Waals surface area contributed by atoms with Crippen molar-refractivity contribution in [1.29, 1.82) is 0 Å². The fraction of sp³-hybridized carbons (Fsp3) is 0.894. The normalized spacial score (nSPS) is 19.1. The number of nitrogens with one attached hydrogen (secondary N) is 1. The van der Waals surface area contributed by atoms with E-state index < -0.39 is 49.5 Å². The van der Waals surface area contributed by atoms with Gasteiger partial charge >= 0.3 is 0 Å². The van der Waals surface area contributed by atoms with Crippen LogP contribution in [0.1, 0.15) is 322 Å². The Morgan fingerprint density at radius 3 is 1.16 bits per heavy atom. The number of amides is 1. The molecule has 442 valence electrons. The standard InChI is InChI=1S/C66H125NO8/c1-3-5-7-9-11-13-15-17-19-21-23-25-26-27-28-29-30-31-32-33-34-36-37-39-41-43-45-47-49-51-53-55-60(69)59(58-74-66-65(73)64(72)63(71)61(57-68)75-66)67-62(70)56-54-52-50-48-46-44-42-40-38-35-24-22-20-18-16-14-12-10-8-6-4-2/h16,18,22,24,38,40,59-61,63-66,68-69,71-73H,3-15,17,19-21,23,25-37,39,41-58H2,1-2H3,(H,67,70)/b18-16-,24-22-,40-38-. The van der Waals surface area contributed by atoms with Crippen LogP contribution in [0.25, 0.3) is 0 Å². The average Bonchev–Trinajstić information content (AvgIpc) is 3.41. The van der Waals surface area contributed by atoms with Crippen molar-refractivity contribution in [2.24, 2.45) is 0 Å². The highest BCUT2D eigenvalue weighted by molar-refractivity contribution is 5.76. The average molecular weight is 1060 g/mol. The van der Waals surface area contributed by atoms with Gasteiger partial charge in [0.25, 0.3) is 0 Å². The summed E-state index contributed by atoms with van der Waals surface area (Å²) < 4.78 is 11.3. The Morgan fingerprint density at radius 2 is 0.787 bits per heavy atom. The number of aliphatic hydroxyl groups is 5. The molecule has 1 saturated heterocycles. The summed E-state index contributed by atoms with van der Waals surface area (Å²) >= 11 is 0. The molecule has 0 bridgehead atoms. The van der Waals surface area contributed by atoms with E-state index in [1.54, 1.807) is 0 Å². The Labute approximate surface area is 463 Å². The number of ether oxygens (including phenoxy) is 2. The van der Waals surface area contributed by atoms with E-state index in [-0.39, 0.29) is 12.5 Å². The van der Waals surface area contributed by atoms with Crippen LogP contribution in [-0.2, 0) is 14.3 Å². The highest BCUT2D eigenvalue weighted by Gasteiger charge is 2.44. The summed E-state index contributed by atoms with van der Waals surface area (Å²) in [5.74, 6) is -0.152. The van der Waals surface area contributed by atoms with Gasteiger partial charge in [0.05, 0.1) is 25.4 Å². The van der Waals surface area contributed by atoms with Gasteiger partial charge in [-0.15, -0.1) is 0 Å². The maximum Gasteiger partial charge on any atom is 0.220 e. The van der Waals surface area contributed by atoms with Crippen LogP contribution in [0.5, 0.6) is 0 Å². The quantitative estimate of drug-likeness (QED) is 0.0261. The van der Waals surface area contributed by atoms with E-state index in [4.69, 9.17) is 9.47 Å². The van der Waals surface area contributed by atoms with Crippen LogP contribution in [-0.4, -0.2) is 87.5 Å². The molecule has 9 heteroatoms. The van der Waals surface area contributed by atoms with E-state index in [9.17, 15) is 30.3 Å². The number of hydrogen-bond donors (Lipinski definition) is 6. The van der Waals surface area contributed by atoms with Gasteiger partial charge in [-0.2, -0.15) is 0 Å². The topological polar surface area (TPSA) is 149 Å². The van der Waals surface area contributed by atoms with Gasteiger partial charge in [0.1, 0.15) is 24.4 Å². The number of rotatable bonds is 57. The zero-order chi connectivity index (χ0) is 54.3. The van der Waals surface area contributed by atoms with Crippen molar-refractivity contribution in [2.45, 2.75) is 365 Å². The Balaban J connectivity index is 2.14. The van der Waals surface area contributed by atoms with Gasteiger partial charge in [-0.3, -0.25) is 4.79 Å². The Hall–Kier alpha value is -1.59. The fourth-order valence-electron chi connectivity index (χ4n) is 10.6.